The normalized spacial score (nSPS) is 12.8. The van der Waals surface area contributed by atoms with Crippen molar-refractivity contribution in [2.45, 2.75) is 20.4 Å². The Balaban J connectivity index is 0.00000117. The summed E-state index contributed by atoms with van der Waals surface area (Å²) in [6.07, 6.45) is 0. The molecule has 1 aliphatic rings. The van der Waals surface area contributed by atoms with Crippen LogP contribution in [0.4, 0.5) is 5.69 Å². The highest BCUT2D eigenvalue weighted by Gasteiger charge is 2.27. The van der Waals surface area contributed by atoms with E-state index in [0.717, 1.165) is 21.3 Å². The number of anilines is 1. The van der Waals surface area contributed by atoms with Crippen molar-refractivity contribution in [1.29, 1.82) is 5.26 Å². The lowest BCUT2D eigenvalue weighted by Crippen LogP contribution is -2.49. The third-order valence-corrected chi connectivity index (χ3v) is 6.91. The van der Waals surface area contributed by atoms with E-state index >= 15 is 0 Å². The Labute approximate surface area is 215 Å². The fourth-order valence-corrected chi connectivity index (χ4v) is 5.12. The number of hydrogen-bond donors (Lipinski definition) is 1. The van der Waals surface area contributed by atoms with E-state index in [1.165, 1.54) is 11.3 Å². The number of hydrogen-bond acceptors (Lipinski definition) is 6. The van der Waals surface area contributed by atoms with Crippen molar-refractivity contribution < 1.29 is 4.79 Å². The van der Waals surface area contributed by atoms with Crippen LogP contribution in [-0.4, -0.2) is 41.6 Å². The van der Waals surface area contributed by atoms with Gasteiger partial charge >= 0.3 is 0 Å². The molecule has 0 unspecified atom stereocenters. The van der Waals surface area contributed by atoms with Gasteiger partial charge in [-0.2, -0.15) is 5.26 Å². The molecule has 0 atom stereocenters. The lowest BCUT2D eigenvalue weighted by atomic mass is 10.1. The van der Waals surface area contributed by atoms with Crippen LogP contribution < -0.4 is 16.6 Å². The van der Waals surface area contributed by atoms with E-state index < -0.39 is 0 Å². The van der Waals surface area contributed by atoms with Crippen LogP contribution in [0, 0.1) is 11.3 Å². The molecule has 3 heterocycles. The summed E-state index contributed by atoms with van der Waals surface area (Å²) in [7, 11) is 0. The minimum atomic E-state index is -0.285. The maximum Gasteiger partial charge on any atom is 0.271 e. The van der Waals surface area contributed by atoms with Crippen molar-refractivity contribution in [2.75, 3.05) is 31.1 Å². The molecule has 3 N–H and O–H groups in total. The van der Waals surface area contributed by atoms with Crippen molar-refractivity contribution >= 4 is 33.8 Å². The number of rotatable bonds is 4. The summed E-state index contributed by atoms with van der Waals surface area (Å²) < 4.78 is 1.68. The predicted molar refractivity (Wildman–Crippen MR) is 147 cm³/mol. The predicted octanol–water partition coefficient (Wildman–Crippen LogP) is 5.13. The number of fused-ring (bicyclic) bond motifs is 1. The van der Waals surface area contributed by atoms with E-state index in [-0.39, 0.29) is 23.2 Å². The number of nitriles is 1. The van der Waals surface area contributed by atoms with Gasteiger partial charge in [-0.1, -0.05) is 68.4 Å². The summed E-state index contributed by atoms with van der Waals surface area (Å²) in [5, 5.41) is 12.8. The quantitative estimate of drug-likeness (QED) is 0.417. The lowest BCUT2D eigenvalue weighted by molar-refractivity contribution is 0.0751. The molecule has 36 heavy (non-hydrogen) atoms. The zero-order chi connectivity index (χ0) is 24.8. The largest absolute Gasteiger partial charge is 0.366 e. The van der Waals surface area contributed by atoms with Crippen molar-refractivity contribution in [3.63, 3.8) is 0 Å². The molecule has 4 aromatic rings. The smallest absolute Gasteiger partial charge is 0.271 e. The molecule has 186 valence electrons. The van der Waals surface area contributed by atoms with Gasteiger partial charge in [0.2, 0.25) is 0 Å². The highest BCUT2D eigenvalue weighted by atomic mass is 32.1. The molecule has 7 nitrogen and oxygen atoms in total. The van der Waals surface area contributed by atoms with Gasteiger partial charge in [0.15, 0.2) is 0 Å². The summed E-state index contributed by atoms with van der Waals surface area (Å²) in [5.41, 5.74) is 2.35. The topological polar surface area (TPSA) is 104 Å². The van der Waals surface area contributed by atoms with E-state index in [1.54, 1.807) is 4.57 Å². The fourth-order valence-electron chi connectivity index (χ4n) is 4.43. The second-order valence-corrected chi connectivity index (χ2v) is 8.93. The standard InChI is InChI=1S/C26H22N4O2S.C2H6.H3N/c27-17-21-24(28-12-14-29(15-13-28)26(32)23-11-6-16-33-23)20-9-4-5-10-22(20)30(25(21)31)18-19-7-2-1-3-8-19;1-2;/h1-11,16H,12-15,18H2;1-2H3;1H3. The first-order valence-electron chi connectivity index (χ1n) is 11.8. The number of carbonyl (C=O) groups is 1. The first kappa shape index (κ1) is 26.7. The first-order valence-corrected chi connectivity index (χ1v) is 12.7. The first-order chi connectivity index (χ1) is 17.2. The Morgan fingerprint density at radius 2 is 1.61 bits per heavy atom. The number of benzene rings is 2. The molecule has 1 aliphatic heterocycles. The highest BCUT2D eigenvalue weighted by molar-refractivity contribution is 7.12. The number of aromatic nitrogens is 1. The van der Waals surface area contributed by atoms with Crippen molar-refractivity contribution in [3.05, 3.63) is 98.5 Å². The third-order valence-electron chi connectivity index (χ3n) is 6.06. The molecule has 2 aromatic heterocycles. The van der Waals surface area contributed by atoms with Crippen LogP contribution >= 0.6 is 11.3 Å². The van der Waals surface area contributed by atoms with Crippen LogP contribution in [0.3, 0.4) is 0 Å². The molecule has 0 radical (unpaired) electrons. The van der Waals surface area contributed by atoms with Crippen molar-refractivity contribution in [1.82, 2.24) is 15.6 Å². The Morgan fingerprint density at radius 1 is 0.944 bits per heavy atom. The van der Waals surface area contributed by atoms with Gasteiger partial charge in [0.25, 0.3) is 11.5 Å². The number of piperazine rings is 1. The van der Waals surface area contributed by atoms with E-state index in [4.69, 9.17) is 0 Å². The van der Waals surface area contributed by atoms with E-state index in [2.05, 4.69) is 11.0 Å². The number of para-hydroxylation sites is 1. The van der Waals surface area contributed by atoms with Gasteiger partial charge in [0.05, 0.1) is 22.6 Å². The summed E-state index contributed by atoms with van der Waals surface area (Å²) in [4.78, 5) is 30.8. The molecule has 1 amide bonds. The van der Waals surface area contributed by atoms with Crippen LogP contribution in [0.1, 0.15) is 34.6 Å². The molecule has 2 aromatic carbocycles. The Hall–Kier alpha value is -3.93. The minimum Gasteiger partial charge on any atom is -0.366 e. The monoisotopic (exact) mass is 501 g/mol. The summed E-state index contributed by atoms with van der Waals surface area (Å²) in [6, 6.07) is 23.4. The van der Waals surface area contributed by atoms with Crippen LogP contribution in [0.5, 0.6) is 0 Å². The molecular formula is C28H31N5O2S. The molecular weight excluding hydrogens is 470 g/mol. The molecule has 1 fully saturated rings. The summed E-state index contributed by atoms with van der Waals surface area (Å²) in [6.45, 7) is 6.63. The van der Waals surface area contributed by atoms with Crippen LogP contribution in [0.15, 0.2) is 76.9 Å². The zero-order valence-electron chi connectivity index (χ0n) is 20.7. The summed E-state index contributed by atoms with van der Waals surface area (Å²) >= 11 is 1.44. The molecule has 1 saturated heterocycles. The van der Waals surface area contributed by atoms with Crippen LogP contribution in [0.2, 0.25) is 0 Å². The maximum atomic E-state index is 13.5. The van der Waals surface area contributed by atoms with Gasteiger partial charge in [-0.25, -0.2) is 0 Å². The lowest BCUT2D eigenvalue weighted by Gasteiger charge is -2.37. The molecule has 0 saturated carbocycles. The molecule has 0 bridgehead atoms. The van der Waals surface area contributed by atoms with Crippen LogP contribution in [0.25, 0.3) is 10.9 Å². The second kappa shape index (κ2) is 12.2. The Bertz CT molecular complexity index is 1400. The third kappa shape index (κ3) is 5.18. The number of carbonyl (C=O) groups excluding carboxylic acids is 1. The van der Waals surface area contributed by atoms with Crippen LogP contribution in [-0.2, 0) is 6.54 Å². The van der Waals surface area contributed by atoms with E-state index in [9.17, 15) is 14.9 Å². The van der Waals surface area contributed by atoms with Gasteiger partial charge in [-0.3, -0.25) is 9.59 Å². The average molecular weight is 502 g/mol. The van der Waals surface area contributed by atoms with Gasteiger partial charge in [-0.05, 0) is 23.1 Å². The molecule has 5 rings (SSSR count). The fraction of sp³-hybridized carbons (Fsp3) is 0.250. The van der Waals surface area contributed by atoms with Gasteiger partial charge < -0.3 is 20.5 Å². The molecule has 0 spiro atoms. The zero-order valence-corrected chi connectivity index (χ0v) is 21.5. The van der Waals surface area contributed by atoms with E-state index in [1.807, 2.05) is 90.9 Å². The van der Waals surface area contributed by atoms with Crippen molar-refractivity contribution in [3.8, 4) is 6.07 Å². The number of nitrogens with zero attached hydrogens (tertiary/aromatic N) is 4. The Morgan fingerprint density at radius 3 is 2.25 bits per heavy atom. The number of amides is 1. The van der Waals surface area contributed by atoms with Gasteiger partial charge in [-0.15, -0.1) is 11.3 Å². The summed E-state index contributed by atoms with van der Waals surface area (Å²) in [5.74, 6) is 0.0355. The number of thiophene rings is 1. The Kier molecular flexibility index (Phi) is 9.01. The molecule has 0 aliphatic carbocycles. The highest BCUT2D eigenvalue weighted by Crippen LogP contribution is 2.30. The maximum absolute atomic E-state index is 13.5. The average Bonchev–Trinajstić information content (AvgIpc) is 3.46. The number of pyridine rings is 1. The van der Waals surface area contributed by atoms with Gasteiger partial charge in [0.1, 0.15) is 11.6 Å². The molecule has 8 heteroatoms. The SMILES string of the molecule is CC.N.N#Cc1c(N2CCN(C(=O)c3cccs3)CC2)c2ccccc2n(Cc2ccccc2)c1=O. The minimum absolute atomic E-state index is 0. The van der Waals surface area contributed by atoms with Crippen molar-refractivity contribution in [2.24, 2.45) is 0 Å². The van der Waals surface area contributed by atoms with Gasteiger partial charge in [0, 0.05) is 31.6 Å². The van der Waals surface area contributed by atoms with E-state index in [0.29, 0.717) is 38.4 Å². The second-order valence-electron chi connectivity index (χ2n) is 7.99.